The normalized spacial score (nSPS) is 13.8. The topological polar surface area (TPSA) is 148 Å². The Hall–Kier alpha value is -3.87. The number of hydrogen-bond donors (Lipinski definition) is 1. The number of nitro benzene ring substituents is 1. The van der Waals surface area contributed by atoms with E-state index in [1.165, 1.54) is 48.4 Å². The van der Waals surface area contributed by atoms with Gasteiger partial charge in [-0.15, -0.1) is 0 Å². The molecule has 2 aromatic carbocycles. The standard InChI is InChI=1S/C21H24N4O8S/c1-3-33-21(27)24-12-10-23(11-13-24)20(26)15-4-7-17(8-5-15)34(30,31)22-18-14-16(25(28)29)6-9-19(18)32-2/h4-9,14,22H,3,10-13H2,1-2H3. The van der Waals surface area contributed by atoms with E-state index in [-0.39, 0.29) is 40.1 Å². The van der Waals surface area contributed by atoms with E-state index in [1.807, 2.05) is 0 Å². The first-order valence-electron chi connectivity index (χ1n) is 10.3. The van der Waals surface area contributed by atoms with E-state index in [9.17, 15) is 28.1 Å². The minimum atomic E-state index is -4.11. The molecular formula is C21H24N4O8S. The molecule has 1 aliphatic heterocycles. The number of carbonyl (C=O) groups excluding carboxylic acids is 2. The number of nitro groups is 1. The van der Waals surface area contributed by atoms with Crippen molar-refractivity contribution >= 4 is 33.4 Å². The molecule has 0 atom stereocenters. The highest BCUT2D eigenvalue weighted by Crippen LogP contribution is 2.31. The summed E-state index contributed by atoms with van der Waals surface area (Å²) in [4.78, 5) is 37.9. The fourth-order valence-corrected chi connectivity index (χ4v) is 4.42. The van der Waals surface area contributed by atoms with E-state index in [0.29, 0.717) is 26.2 Å². The Morgan fingerprint density at radius 2 is 1.68 bits per heavy atom. The Morgan fingerprint density at radius 1 is 1.06 bits per heavy atom. The van der Waals surface area contributed by atoms with Crippen molar-refractivity contribution in [2.45, 2.75) is 11.8 Å². The molecule has 3 rings (SSSR count). The van der Waals surface area contributed by atoms with Crippen LogP contribution in [-0.2, 0) is 14.8 Å². The third kappa shape index (κ3) is 5.54. The molecular weight excluding hydrogens is 468 g/mol. The minimum Gasteiger partial charge on any atom is -0.495 e. The van der Waals surface area contributed by atoms with Gasteiger partial charge in [-0.2, -0.15) is 0 Å². The fraction of sp³-hybridized carbons (Fsp3) is 0.333. The van der Waals surface area contributed by atoms with Gasteiger partial charge in [0.1, 0.15) is 5.75 Å². The molecule has 182 valence electrons. The number of anilines is 1. The number of methoxy groups -OCH3 is 1. The molecule has 0 unspecified atom stereocenters. The van der Waals surface area contributed by atoms with Crippen molar-refractivity contribution in [2.24, 2.45) is 0 Å². The number of nitrogens with zero attached hydrogens (tertiary/aromatic N) is 3. The molecule has 0 saturated carbocycles. The second kappa shape index (κ2) is 10.4. The number of carbonyl (C=O) groups is 2. The number of nitrogens with one attached hydrogen (secondary N) is 1. The first-order chi connectivity index (χ1) is 16.2. The van der Waals surface area contributed by atoms with Gasteiger partial charge in [0.25, 0.3) is 21.6 Å². The van der Waals surface area contributed by atoms with Crippen molar-refractivity contribution in [3.05, 3.63) is 58.1 Å². The summed E-state index contributed by atoms with van der Waals surface area (Å²) in [6.45, 7) is 3.32. The second-order valence-electron chi connectivity index (χ2n) is 7.25. The van der Waals surface area contributed by atoms with Crippen molar-refractivity contribution in [3.8, 4) is 5.75 Å². The summed E-state index contributed by atoms with van der Waals surface area (Å²) >= 11 is 0. The molecule has 1 aliphatic rings. The lowest BCUT2D eigenvalue weighted by Gasteiger charge is -2.34. The zero-order valence-electron chi connectivity index (χ0n) is 18.6. The summed E-state index contributed by atoms with van der Waals surface area (Å²) in [5.41, 5.74) is -0.102. The number of non-ortho nitro benzene ring substituents is 1. The molecule has 1 saturated heterocycles. The molecule has 2 amide bonds. The maximum atomic E-state index is 12.8. The largest absolute Gasteiger partial charge is 0.495 e. The lowest BCUT2D eigenvalue weighted by atomic mass is 10.2. The molecule has 0 aliphatic carbocycles. The van der Waals surface area contributed by atoms with E-state index in [0.717, 1.165) is 6.07 Å². The fourth-order valence-electron chi connectivity index (χ4n) is 3.36. The Balaban J connectivity index is 1.70. The van der Waals surface area contributed by atoms with Crippen LogP contribution in [0, 0.1) is 10.1 Å². The highest BCUT2D eigenvalue weighted by molar-refractivity contribution is 7.92. The minimum absolute atomic E-state index is 0.0867. The first-order valence-corrected chi connectivity index (χ1v) is 11.8. The van der Waals surface area contributed by atoms with Crippen LogP contribution in [0.1, 0.15) is 17.3 Å². The van der Waals surface area contributed by atoms with Crippen LogP contribution in [0.4, 0.5) is 16.2 Å². The van der Waals surface area contributed by atoms with Crippen molar-refractivity contribution < 1.29 is 32.4 Å². The number of ether oxygens (including phenoxy) is 2. The lowest BCUT2D eigenvalue weighted by Crippen LogP contribution is -2.50. The summed E-state index contributed by atoms with van der Waals surface area (Å²) < 4.78 is 37.9. The van der Waals surface area contributed by atoms with Gasteiger partial charge < -0.3 is 19.3 Å². The monoisotopic (exact) mass is 492 g/mol. The quantitative estimate of drug-likeness (QED) is 0.457. The van der Waals surface area contributed by atoms with E-state index in [4.69, 9.17) is 9.47 Å². The van der Waals surface area contributed by atoms with Gasteiger partial charge in [0.05, 0.1) is 29.2 Å². The predicted molar refractivity (Wildman–Crippen MR) is 121 cm³/mol. The van der Waals surface area contributed by atoms with Crippen LogP contribution in [0.5, 0.6) is 5.75 Å². The third-order valence-corrected chi connectivity index (χ3v) is 6.52. The van der Waals surface area contributed by atoms with Gasteiger partial charge in [0, 0.05) is 43.9 Å². The average molecular weight is 493 g/mol. The van der Waals surface area contributed by atoms with Gasteiger partial charge in [-0.05, 0) is 37.3 Å². The van der Waals surface area contributed by atoms with Crippen molar-refractivity contribution in [1.82, 2.24) is 9.80 Å². The second-order valence-corrected chi connectivity index (χ2v) is 8.93. The number of rotatable bonds is 7. The van der Waals surface area contributed by atoms with Crippen molar-refractivity contribution in [3.63, 3.8) is 0 Å². The van der Waals surface area contributed by atoms with Crippen LogP contribution >= 0.6 is 0 Å². The maximum Gasteiger partial charge on any atom is 0.409 e. The van der Waals surface area contributed by atoms with Crippen LogP contribution in [-0.4, -0.2) is 75.0 Å². The molecule has 0 spiro atoms. The molecule has 12 nitrogen and oxygen atoms in total. The van der Waals surface area contributed by atoms with Gasteiger partial charge in [0.15, 0.2) is 0 Å². The van der Waals surface area contributed by atoms with Crippen molar-refractivity contribution in [1.29, 1.82) is 0 Å². The Bertz CT molecular complexity index is 1180. The molecule has 0 bridgehead atoms. The van der Waals surface area contributed by atoms with Crippen LogP contribution in [0.2, 0.25) is 0 Å². The van der Waals surface area contributed by atoms with Crippen LogP contribution in [0.3, 0.4) is 0 Å². The van der Waals surface area contributed by atoms with E-state index in [1.54, 1.807) is 11.8 Å². The van der Waals surface area contributed by atoms with Gasteiger partial charge in [-0.1, -0.05) is 0 Å². The number of amides is 2. The Labute approximate surface area is 196 Å². The van der Waals surface area contributed by atoms with Crippen molar-refractivity contribution in [2.75, 3.05) is 44.6 Å². The van der Waals surface area contributed by atoms with Gasteiger partial charge in [-0.3, -0.25) is 19.6 Å². The molecule has 1 fully saturated rings. The number of piperazine rings is 1. The highest BCUT2D eigenvalue weighted by Gasteiger charge is 2.26. The number of hydrogen-bond acceptors (Lipinski definition) is 8. The molecule has 1 N–H and O–H groups in total. The Morgan fingerprint density at radius 3 is 2.24 bits per heavy atom. The van der Waals surface area contributed by atoms with Gasteiger partial charge in [0.2, 0.25) is 0 Å². The summed E-state index contributed by atoms with van der Waals surface area (Å²) in [6, 6.07) is 8.87. The lowest BCUT2D eigenvalue weighted by molar-refractivity contribution is -0.384. The van der Waals surface area contributed by atoms with Gasteiger partial charge in [-0.25, -0.2) is 13.2 Å². The van der Waals surface area contributed by atoms with E-state index < -0.39 is 21.0 Å². The molecule has 0 radical (unpaired) electrons. The smallest absolute Gasteiger partial charge is 0.409 e. The summed E-state index contributed by atoms with van der Waals surface area (Å²) in [7, 11) is -2.80. The number of benzene rings is 2. The summed E-state index contributed by atoms with van der Waals surface area (Å²) in [6.07, 6.45) is -0.419. The Kier molecular flexibility index (Phi) is 7.56. The van der Waals surface area contributed by atoms with Gasteiger partial charge >= 0.3 is 6.09 Å². The van der Waals surface area contributed by atoms with Crippen LogP contribution in [0.25, 0.3) is 0 Å². The zero-order chi connectivity index (χ0) is 24.9. The molecule has 2 aromatic rings. The maximum absolute atomic E-state index is 12.8. The summed E-state index contributed by atoms with van der Waals surface area (Å²) in [5, 5.41) is 11.0. The SMILES string of the molecule is CCOC(=O)N1CCN(C(=O)c2ccc(S(=O)(=O)Nc3cc([N+](=O)[O-])ccc3OC)cc2)CC1. The van der Waals surface area contributed by atoms with E-state index >= 15 is 0 Å². The molecule has 34 heavy (non-hydrogen) atoms. The zero-order valence-corrected chi connectivity index (χ0v) is 19.4. The highest BCUT2D eigenvalue weighted by atomic mass is 32.2. The average Bonchev–Trinajstić information content (AvgIpc) is 2.83. The molecule has 1 heterocycles. The number of sulfonamides is 1. The van der Waals surface area contributed by atoms with Crippen LogP contribution < -0.4 is 9.46 Å². The van der Waals surface area contributed by atoms with E-state index in [2.05, 4.69) is 4.72 Å². The molecule has 0 aromatic heterocycles. The summed E-state index contributed by atoms with van der Waals surface area (Å²) in [5.74, 6) is -0.177. The third-order valence-electron chi connectivity index (χ3n) is 5.14. The molecule has 13 heteroatoms. The predicted octanol–water partition coefficient (Wildman–Crippen LogP) is 2.32. The first kappa shape index (κ1) is 24.8. The van der Waals surface area contributed by atoms with Crippen LogP contribution in [0.15, 0.2) is 47.4 Å².